The van der Waals surface area contributed by atoms with Crippen LogP contribution in [0.25, 0.3) is 0 Å². The number of benzene rings is 1. The minimum absolute atomic E-state index is 0.153. The zero-order valence-corrected chi connectivity index (χ0v) is 11.7. The maximum atomic E-state index is 12.9. The average Bonchev–Trinajstić information content (AvgIpc) is 2.35. The number of aliphatic hydroxyl groups excluding tert-OH is 1. The highest BCUT2D eigenvalue weighted by Crippen LogP contribution is 2.37. The maximum Gasteiger partial charge on any atom is 0.419 e. The summed E-state index contributed by atoms with van der Waals surface area (Å²) in [5.41, 5.74) is -2.03. The van der Waals surface area contributed by atoms with Crippen molar-refractivity contribution in [2.75, 3.05) is 6.61 Å². The molecule has 1 unspecified atom stereocenters. The van der Waals surface area contributed by atoms with Crippen molar-refractivity contribution in [1.29, 1.82) is 0 Å². The van der Waals surface area contributed by atoms with Crippen LogP contribution in [0, 0.1) is 5.92 Å². The van der Waals surface area contributed by atoms with Crippen LogP contribution in [-0.2, 0) is 12.8 Å². The molecule has 0 aliphatic heterocycles. The second-order valence-electron chi connectivity index (χ2n) is 5.29. The van der Waals surface area contributed by atoms with Crippen LogP contribution < -0.4 is 4.74 Å². The zero-order chi connectivity index (χ0) is 15.6. The molecule has 0 saturated carbocycles. The lowest BCUT2D eigenvalue weighted by molar-refractivity contribution is -0.139. The van der Waals surface area contributed by atoms with Crippen LogP contribution >= 0.6 is 0 Å². The number of alkyl halides is 3. The zero-order valence-electron chi connectivity index (χ0n) is 11.7. The van der Waals surface area contributed by atoms with E-state index in [1.54, 1.807) is 13.8 Å². The van der Waals surface area contributed by atoms with Crippen LogP contribution in [0.5, 0.6) is 5.75 Å². The van der Waals surface area contributed by atoms with Gasteiger partial charge in [-0.2, -0.15) is 13.2 Å². The number of aliphatic hydroxyl groups is 2. The minimum Gasteiger partial charge on any atom is -0.490 e. The van der Waals surface area contributed by atoms with Crippen molar-refractivity contribution in [1.82, 2.24) is 0 Å². The topological polar surface area (TPSA) is 49.7 Å². The van der Waals surface area contributed by atoms with Crippen LogP contribution in [0.4, 0.5) is 13.2 Å². The molecule has 20 heavy (non-hydrogen) atoms. The van der Waals surface area contributed by atoms with Crippen molar-refractivity contribution in [3.8, 4) is 5.75 Å². The van der Waals surface area contributed by atoms with Gasteiger partial charge in [0.2, 0.25) is 0 Å². The third-order valence-corrected chi connectivity index (χ3v) is 3.30. The number of rotatable bonds is 5. The van der Waals surface area contributed by atoms with E-state index in [-0.39, 0.29) is 23.8 Å². The van der Waals surface area contributed by atoms with E-state index in [0.717, 1.165) is 12.1 Å². The van der Waals surface area contributed by atoms with Gasteiger partial charge in [-0.05, 0) is 30.5 Å². The highest BCUT2D eigenvalue weighted by Gasteiger charge is 2.35. The van der Waals surface area contributed by atoms with Gasteiger partial charge in [-0.3, -0.25) is 0 Å². The summed E-state index contributed by atoms with van der Waals surface area (Å²) in [6.07, 6.45) is -4.58. The first kappa shape index (κ1) is 16.8. The number of hydrogen-bond donors (Lipinski definition) is 2. The largest absolute Gasteiger partial charge is 0.490 e. The summed E-state index contributed by atoms with van der Waals surface area (Å²) in [6.45, 7) is 4.29. The third-order valence-electron chi connectivity index (χ3n) is 3.30. The van der Waals surface area contributed by atoms with E-state index < -0.39 is 23.9 Å². The normalized spacial score (nSPS) is 15.2. The van der Waals surface area contributed by atoms with E-state index in [1.165, 1.54) is 13.0 Å². The van der Waals surface area contributed by atoms with E-state index in [9.17, 15) is 18.3 Å². The highest BCUT2D eigenvalue weighted by atomic mass is 19.4. The van der Waals surface area contributed by atoms with Gasteiger partial charge in [0.05, 0.1) is 17.8 Å². The Kier molecular flexibility index (Phi) is 5.05. The van der Waals surface area contributed by atoms with Gasteiger partial charge in [0.15, 0.2) is 0 Å². The predicted molar refractivity (Wildman–Crippen MR) is 68.3 cm³/mol. The molecule has 0 spiro atoms. The number of hydrogen-bond acceptors (Lipinski definition) is 3. The summed E-state index contributed by atoms with van der Waals surface area (Å²) in [4.78, 5) is 0. The molecule has 1 atom stereocenters. The summed E-state index contributed by atoms with van der Waals surface area (Å²) >= 11 is 0. The van der Waals surface area contributed by atoms with Gasteiger partial charge < -0.3 is 14.9 Å². The minimum atomic E-state index is -4.58. The summed E-state index contributed by atoms with van der Waals surface area (Å²) in [6, 6.07) is 3.36. The van der Waals surface area contributed by atoms with Gasteiger partial charge >= 0.3 is 6.18 Å². The van der Waals surface area contributed by atoms with Crippen LogP contribution in [0.3, 0.4) is 0 Å². The van der Waals surface area contributed by atoms with Crippen LogP contribution in [0.2, 0.25) is 0 Å². The molecule has 0 aliphatic carbocycles. The molecule has 0 fully saturated rings. The molecular formula is C14H19F3O3. The lowest BCUT2D eigenvalue weighted by Crippen LogP contribution is -2.38. The molecule has 0 aliphatic rings. The third kappa shape index (κ3) is 4.11. The Hall–Kier alpha value is -1.27. The second-order valence-corrected chi connectivity index (χ2v) is 5.29. The Labute approximate surface area is 116 Å². The second kappa shape index (κ2) is 6.01. The Morgan fingerprint density at radius 2 is 1.85 bits per heavy atom. The fraction of sp³-hybridized carbons (Fsp3) is 0.571. The molecule has 114 valence electrons. The summed E-state index contributed by atoms with van der Waals surface area (Å²) in [5.74, 6) is -0.510. The molecule has 3 nitrogen and oxygen atoms in total. The molecule has 0 aromatic heterocycles. The van der Waals surface area contributed by atoms with E-state index in [0.29, 0.717) is 0 Å². The molecule has 1 aromatic rings. The van der Waals surface area contributed by atoms with E-state index in [4.69, 9.17) is 9.84 Å². The van der Waals surface area contributed by atoms with E-state index >= 15 is 0 Å². The first-order chi connectivity index (χ1) is 9.08. The van der Waals surface area contributed by atoms with E-state index in [1.807, 2.05) is 0 Å². The van der Waals surface area contributed by atoms with Crippen molar-refractivity contribution in [2.45, 2.75) is 39.2 Å². The average molecular weight is 292 g/mol. The van der Waals surface area contributed by atoms with Gasteiger partial charge in [0.1, 0.15) is 12.4 Å². The Balaban J connectivity index is 3.01. The predicted octanol–water partition coefficient (Wildman–Crippen LogP) is 2.98. The van der Waals surface area contributed by atoms with Crippen molar-refractivity contribution >= 4 is 0 Å². The first-order valence-corrected chi connectivity index (χ1v) is 6.24. The summed E-state index contributed by atoms with van der Waals surface area (Å²) in [5, 5.41) is 18.9. The van der Waals surface area contributed by atoms with Crippen LogP contribution in [0.15, 0.2) is 18.2 Å². The lowest BCUT2D eigenvalue weighted by atomic mass is 9.94. The van der Waals surface area contributed by atoms with Crippen molar-refractivity contribution in [3.63, 3.8) is 0 Å². The Morgan fingerprint density at radius 1 is 1.25 bits per heavy atom. The summed E-state index contributed by atoms with van der Waals surface area (Å²) < 4.78 is 43.9. The molecule has 0 saturated heterocycles. The maximum absolute atomic E-state index is 12.9. The molecule has 1 aromatic carbocycles. The summed E-state index contributed by atoms with van der Waals surface area (Å²) in [7, 11) is 0. The van der Waals surface area contributed by atoms with Crippen LogP contribution in [0.1, 0.15) is 31.9 Å². The Morgan fingerprint density at radius 3 is 2.30 bits per heavy atom. The monoisotopic (exact) mass is 292 g/mol. The van der Waals surface area contributed by atoms with Gasteiger partial charge in [-0.15, -0.1) is 0 Å². The molecule has 0 heterocycles. The fourth-order valence-corrected chi connectivity index (χ4v) is 1.41. The quantitative estimate of drug-likeness (QED) is 0.877. The van der Waals surface area contributed by atoms with Crippen molar-refractivity contribution < 1.29 is 28.1 Å². The number of ether oxygens (including phenoxy) is 1. The molecular weight excluding hydrogens is 273 g/mol. The Bertz CT molecular complexity index is 453. The van der Waals surface area contributed by atoms with Gasteiger partial charge in [0.25, 0.3) is 0 Å². The first-order valence-electron chi connectivity index (χ1n) is 6.24. The lowest BCUT2D eigenvalue weighted by Gasteiger charge is -2.28. The van der Waals surface area contributed by atoms with Crippen LogP contribution in [-0.4, -0.2) is 22.4 Å². The van der Waals surface area contributed by atoms with E-state index in [2.05, 4.69) is 0 Å². The standard InChI is InChI=1S/C14H19F3O3/c1-9(2)13(3,19)8-20-12-5-4-10(7-18)6-11(12)14(15,16)17/h4-6,9,18-19H,7-8H2,1-3H3. The fourth-order valence-electron chi connectivity index (χ4n) is 1.41. The van der Waals surface area contributed by atoms with Crippen molar-refractivity contribution in [2.24, 2.45) is 5.92 Å². The van der Waals surface area contributed by atoms with Gasteiger partial charge in [-0.1, -0.05) is 19.9 Å². The van der Waals surface area contributed by atoms with Gasteiger partial charge in [0, 0.05) is 0 Å². The molecule has 1 rings (SSSR count). The van der Waals surface area contributed by atoms with Gasteiger partial charge in [-0.25, -0.2) is 0 Å². The highest BCUT2D eigenvalue weighted by molar-refractivity contribution is 5.39. The molecule has 6 heteroatoms. The molecule has 0 amide bonds. The SMILES string of the molecule is CC(C)C(C)(O)COc1ccc(CO)cc1C(F)(F)F. The number of halogens is 3. The molecule has 0 bridgehead atoms. The molecule has 2 N–H and O–H groups in total. The molecule has 0 radical (unpaired) electrons. The van der Waals surface area contributed by atoms with Crippen molar-refractivity contribution in [3.05, 3.63) is 29.3 Å². The smallest absolute Gasteiger partial charge is 0.419 e.